The predicted molar refractivity (Wildman–Crippen MR) is 193 cm³/mol. The van der Waals surface area contributed by atoms with Crippen molar-refractivity contribution in [3.8, 4) is 0 Å². The van der Waals surface area contributed by atoms with Crippen LogP contribution in [-0.2, 0) is 26.0 Å². The Morgan fingerprint density at radius 3 is 2.29 bits per heavy atom. The highest BCUT2D eigenvalue weighted by Gasteiger charge is 2.33. The first-order chi connectivity index (χ1) is 23.9. The van der Waals surface area contributed by atoms with Gasteiger partial charge in [0.05, 0.1) is 29.1 Å². The number of nitrogens with one attached hydrogen (secondary N) is 2. The van der Waals surface area contributed by atoms with Crippen LogP contribution in [0.3, 0.4) is 0 Å². The molecule has 0 saturated carbocycles. The number of azide groups is 1. The summed E-state index contributed by atoms with van der Waals surface area (Å²) in [7, 11) is -4.12. The molecular weight excluding hydrogens is 701 g/mol. The first-order valence-electron chi connectivity index (χ1n) is 16.4. The van der Waals surface area contributed by atoms with Crippen LogP contribution < -0.4 is 10.0 Å². The van der Waals surface area contributed by atoms with E-state index in [0.29, 0.717) is 10.6 Å². The van der Waals surface area contributed by atoms with Crippen molar-refractivity contribution in [2.24, 2.45) is 11.0 Å². The lowest BCUT2D eigenvalue weighted by Crippen LogP contribution is -2.49. The maximum absolute atomic E-state index is 15.5. The van der Waals surface area contributed by atoms with Gasteiger partial charge in [0.15, 0.2) is 0 Å². The Hall–Kier alpha value is -4.27. The molecule has 0 aliphatic rings. The van der Waals surface area contributed by atoms with Crippen molar-refractivity contribution in [1.29, 1.82) is 0 Å². The third-order valence-corrected chi connectivity index (χ3v) is 9.50. The molecule has 0 bridgehead atoms. The Morgan fingerprint density at radius 2 is 1.73 bits per heavy atom. The molecule has 0 fully saturated rings. The van der Waals surface area contributed by atoms with Crippen LogP contribution >= 0.6 is 11.6 Å². The number of pyridine rings is 1. The summed E-state index contributed by atoms with van der Waals surface area (Å²) in [6.07, 6.45) is 0.271. The quantitative estimate of drug-likeness (QED) is 0.0814. The highest BCUT2D eigenvalue weighted by Crippen LogP contribution is 2.32. The molecule has 0 aliphatic carbocycles. The van der Waals surface area contributed by atoms with Crippen LogP contribution in [0.15, 0.2) is 77.0 Å². The summed E-state index contributed by atoms with van der Waals surface area (Å²) in [5.41, 5.74) is 9.23. The summed E-state index contributed by atoms with van der Waals surface area (Å²) >= 11 is 6.07. The maximum atomic E-state index is 15.5. The van der Waals surface area contributed by atoms with E-state index in [4.69, 9.17) is 16.3 Å². The van der Waals surface area contributed by atoms with Gasteiger partial charge in [0.25, 0.3) is 0 Å². The predicted octanol–water partition coefficient (Wildman–Crippen LogP) is 6.83. The molecule has 1 aromatic heterocycles. The Labute approximate surface area is 303 Å². The fraction of sp³-hybridized carbons (Fsp3) is 0.457. The monoisotopic (exact) mass is 745 g/mol. The molecule has 0 spiro atoms. The zero-order valence-electron chi connectivity index (χ0n) is 29.5. The Balaban J connectivity index is 1.96. The SMILES string of the molecule is CC(C)[C@H](c1ccc(Cl)cc1)[C@H](N=[N+]=[N-])C(=O)Nc1cncc(F)c1CC[C@@H](CN(C[C@@H](C)O)C(=O)OC(C)(C)C)NS(=O)(=O)c1ccccc1. The Kier molecular flexibility index (Phi) is 14.8. The number of nitrogens with zero attached hydrogens (tertiary/aromatic N) is 5. The number of ether oxygens (including phenoxy) is 1. The highest BCUT2D eigenvalue weighted by atomic mass is 35.5. The largest absolute Gasteiger partial charge is 0.444 e. The van der Waals surface area contributed by atoms with Gasteiger partial charge in [0.2, 0.25) is 15.9 Å². The third-order valence-electron chi connectivity index (χ3n) is 7.72. The van der Waals surface area contributed by atoms with Crippen molar-refractivity contribution in [2.45, 2.75) is 89.0 Å². The molecule has 3 N–H and O–H groups in total. The van der Waals surface area contributed by atoms with E-state index in [0.717, 1.165) is 6.20 Å². The number of carbonyl (C=O) groups excluding carboxylic acids is 2. The zero-order chi connectivity index (χ0) is 37.9. The topological polar surface area (TPSA) is 187 Å². The lowest BCUT2D eigenvalue weighted by molar-refractivity contribution is -0.118. The molecule has 13 nitrogen and oxygen atoms in total. The van der Waals surface area contributed by atoms with E-state index in [1.807, 2.05) is 13.8 Å². The molecular formula is C35H45ClFN7O6S. The van der Waals surface area contributed by atoms with Gasteiger partial charge >= 0.3 is 6.09 Å². The van der Waals surface area contributed by atoms with Gasteiger partial charge in [-0.3, -0.25) is 9.78 Å². The minimum absolute atomic E-state index is 0.00519. The van der Waals surface area contributed by atoms with Gasteiger partial charge in [-0.2, -0.15) is 0 Å². The van der Waals surface area contributed by atoms with E-state index in [2.05, 4.69) is 25.0 Å². The van der Waals surface area contributed by atoms with Gasteiger partial charge < -0.3 is 20.1 Å². The number of carbonyl (C=O) groups is 2. The number of hydrogen-bond acceptors (Lipinski definition) is 8. The average molecular weight is 746 g/mol. The first kappa shape index (κ1) is 41.2. The summed E-state index contributed by atoms with van der Waals surface area (Å²) in [5.74, 6) is -2.20. The summed E-state index contributed by atoms with van der Waals surface area (Å²) in [5, 5.41) is 17.2. The Bertz CT molecular complexity index is 1780. The average Bonchev–Trinajstić information content (AvgIpc) is 3.03. The second kappa shape index (κ2) is 18.3. The third kappa shape index (κ3) is 12.5. The molecule has 16 heteroatoms. The molecule has 2 aromatic carbocycles. The fourth-order valence-corrected chi connectivity index (χ4v) is 6.93. The van der Waals surface area contributed by atoms with Gasteiger partial charge in [-0.1, -0.05) is 60.9 Å². The lowest BCUT2D eigenvalue weighted by Gasteiger charge is -2.31. The zero-order valence-corrected chi connectivity index (χ0v) is 31.0. The molecule has 4 atom stereocenters. The van der Waals surface area contributed by atoms with Crippen LogP contribution in [0.5, 0.6) is 0 Å². The number of amides is 2. The summed E-state index contributed by atoms with van der Waals surface area (Å²) in [4.78, 5) is 34.9. The normalized spacial score (nSPS) is 14.2. The number of aliphatic hydroxyl groups is 1. The lowest BCUT2D eigenvalue weighted by atomic mass is 9.82. The minimum atomic E-state index is -4.12. The van der Waals surface area contributed by atoms with E-state index in [-0.39, 0.29) is 48.0 Å². The Morgan fingerprint density at radius 1 is 1.08 bits per heavy atom. The van der Waals surface area contributed by atoms with Crippen LogP contribution in [0.4, 0.5) is 14.9 Å². The van der Waals surface area contributed by atoms with Crippen molar-refractivity contribution in [3.05, 3.63) is 99.4 Å². The molecule has 2 amide bonds. The second-order valence-corrected chi connectivity index (χ2v) is 15.7. The number of halogens is 2. The molecule has 3 aromatic rings. The van der Waals surface area contributed by atoms with E-state index in [1.54, 1.807) is 63.2 Å². The van der Waals surface area contributed by atoms with Crippen molar-refractivity contribution in [2.75, 3.05) is 18.4 Å². The maximum Gasteiger partial charge on any atom is 0.410 e. The van der Waals surface area contributed by atoms with Crippen molar-refractivity contribution < 1.29 is 32.2 Å². The van der Waals surface area contributed by atoms with E-state index >= 15 is 4.39 Å². The molecule has 276 valence electrons. The molecule has 0 radical (unpaired) electrons. The molecule has 0 saturated heterocycles. The van der Waals surface area contributed by atoms with Gasteiger partial charge in [-0.25, -0.2) is 22.3 Å². The second-order valence-electron chi connectivity index (χ2n) is 13.5. The molecule has 1 heterocycles. The fourth-order valence-electron chi connectivity index (χ4n) is 5.52. The van der Waals surface area contributed by atoms with Crippen LogP contribution in [0.2, 0.25) is 5.02 Å². The van der Waals surface area contributed by atoms with Gasteiger partial charge in [-0.15, -0.1) is 0 Å². The highest BCUT2D eigenvalue weighted by molar-refractivity contribution is 7.89. The molecule has 3 rings (SSSR count). The number of aromatic nitrogens is 1. The van der Waals surface area contributed by atoms with E-state index in [9.17, 15) is 28.6 Å². The van der Waals surface area contributed by atoms with Crippen molar-refractivity contribution in [3.63, 3.8) is 0 Å². The van der Waals surface area contributed by atoms with Crippen LogP contribution in [0, 0.1) is 11.7 Å². The summed E-state index contributed by atoms with van der Waals surface area (Å²) in [6.45, 7) is 9.83. The molecule has 51 heavy (non-hydrogen) atoms. The number of benzene rings is 2. The van der Waals surface area contributed by atoms with Gasteiger partial charge in [-0.05, 0) is 81.8 Å². The smallest absolute Gasteiger partial charge is 0.410 e. The number of hydrogen-bond donors (Lipinski definition) is 3. The number of sulfonamides is 1. The minimum Gasteiger partial charge on any atom is -0.444 e. The number of rotatable bonds is 16. The number of aliphatic hydroxyl groups excluding tert-OH is 1. The number of anilines is 1. The van der Waals surface area contributed by atoms with Gasteiger partial charge in [0.1, 0.15) is 17.5 Å². The molecule has 0 unspecified atom stereocenters. The molecule has 0 aliphatic heterocycles. The summed E-state index contributed by atoms with van der Waals surface area (Å²) in [6, 6.07) is 12.2. The van der Waals surface area contributed by atoms with Crippen LogP contribution in [0.1, 0.15) is 65.0 Å². The van der Waals surface area contributed by atoms with Crippen molar-refractivity contribution in [1.82, 2.24) is 14.6 Å². The van der Waals surface area contributed by atoms with Crippen LogP contribution in [0.25, 0.3) is 10.4 Å². The van der Waals surface area contributed by atoms with Crippen LogP contribution in [-0.4, -0.2) is 72.3 Å². The van der Waals surface area contributed by atoms with E-state index < -0.39 is 57.5 Å². The van der Waals surface area contributed by atoms with Gasteiger partial charge in [0, 0.05) is 40.5 Å². The van der Waals surface area contributed by atoms with E-state index in [1.165, 1.54) is 30.2 Å². The van der Waals surface area contributed by atoms with Crippen molar-refractivity contribution >= 4 is 39.3 Å². The standard InChI is InChI=1S/C35H45ClFN7O6S/c1-22(2)31(24-12-14-25(36)15-13-24)32(41-43-38)33(46)40-30-19-39-18-29(37)28(30)17-16-26(42-51(48,49)27-10-8-7-9-11-27)21-44(20-23(3)45)34(47)50-35(4,5)6/h7-15,18-19,22-23,26,31-32,42,45H,16-17,20-21H2,1-6H3,(H,40,46)/t23-,26+,31-,32+/m1/s1. The first-order valence-corrected chi connectivity index (χ1v) is 18.2. The summed E-state index contributed by atoms with van der Waals surface area (Å²) < 4.78 is 50.5.